The Morgan fingerprint density at radius 2 is 2.00 bits per heavy atom. The average Bonchev–Trinajstić information content (AvgIpc) is 2.67. The van der Waals surface area contributed by atoms with Gasteiger partial charge in [-0.3, -0.25) is 9.79 Å². The summed E-state index contributed by atoms with van der Waals surface area (Å²) in [5, 5.41) is 9.72. The molecule has 1 amide bonds. The molecule has 3 N–H and O–H groups in total. The van der Waals surface area contributed by atoms with Gasteiger partial charge in [-0.25, -0.2) is 0 Å². The van der Waals surface area contributed by atoms with Crippen LogP contribution >= 0.6 is 24.0 Å². The van der Waals surface area contributed by atoms with Crippen LogP contribution in [-0.4, -0.2) is 56.0 Å². The van der Waals surface area contributed by atoms with E-state index in [9.17, 15) is 4.79 Å². The van der Waals surface area contributed by atoms with Gasteiger partial charge in [0.1, 0.15) is 0 Å². The maximum absolute atomic E-state index is 12.0. The molecule has 28 heavy (non-hydrogen) atoms. The molecular formula is C21H34IN5O. The maximum Gasteiger partial charge on any atom is 0.225 e. The molecule has 6 nitrogen and oxygen atoms in total. The lowest BCUT2D eigenvalue weighted by Gasteiger charge is -2.30. The van der Waals surface area contributed by atoms with Crippen molar-refractivity contribution in [2.24, 2.45) is 10.9 Å². The standard InChI is InChI=1S/C21H33N5O.HI/c1-3-22-21(23-10-13-26-11-8-16(2)9-12-26)24-15-17-14-20(27)25-19-7-5-4-6-18(17)19;/h4-7,16-17H,3,8-15H2,1-2H3,(H,25,27)(H2,22,23,24);1H. The fourth-order valence-corrected chi connectivity index (χ4v) is 3.83. The van der Waals surface area contributed by atoms with Gasteiger partial charge in [-0.05, 0) is 50.4 Å². The highest BCUT2D eigenvalue weighted by molar-refractivity contribution is 14.0. The Labute approximate surface area is 186 Å². The molecule has 2 heterocycles. The second-order valence-corrected chi connectivity index (χ2v) is 7.71. The molecule has 1 aromatic carbocycles. The lowest BCUT2D eigenvalue weighted by Crippen LogP contribution is -2.43. The highest BCUT2D eigenvalue weighted by Crippen LogP contribution is 2.31. The minimum atomic E-state index is 0. The summed E-state index contributed by atoms with van der Waals surface area (Å²) in [6, 6.07) is 8.03. The third-order valence-corrected chi connectivity index (χ3v) is 5.52. The van der Waals surface area contributed by atoms with Crippen LogP contribution in [0, 0.1) is 5.92 Å². The first kappa shape index (κ1) is 22.9. The SMILES string of the molecule is CCNC(=NCC1CC(=O)Nc2ccccc21)NCCN1CCC(C)CC1.I. The fourth-order valence-electron chi connectivity index (χ4n) is 3.83. The normalized spacial score (nSPS) is 20.7. The number of guanidine groups is 1. The highest BCUT2D eigenvalue weighted by atomic mass is 127. The Morgan fingerprint density at radius 1 is 1.25 bits per heavy atom. The lowest BCUT2D eigenvalue weighted by atomic mass is 9.91. The summed E-state index contributed by atoms with van der Waals surface area (Å²) in [5.74, 6) is 1.91. The summed E-state index contributed by atoms with van der Waals surface area (Å²) in [6.45, 7) is 10.2. The number of benzene rings is 1. The predicted octanol–water partition coefficient (Wildman–Crippen LogP) is 3.02. The zero-order valence-corrected chi connectivity index (χ0v) is 19.4. The summed E-state index contributed by atoms with van der Waals surface area (Å²) >= 11 is 0. The van der Waals surface area contributed by atoms with Gasteiger partial charge in [0.15, 0.2) is 5.96 Å². The maximum atomic E-state index is 12.0. The summed E-state index contributed by atoms with van der Waals surface area (Å²) in [5.41, 5.74) is 2.10. The Balaban J connectivity index is 0.00000280. The fraction of sp³-hybridized carbons (Fsp3) is 0.619. The van der Waals surface area contributed by atoms with Crippen molar-refractivity contribution >= 4 is 41.5 Å². The van der Waals surface area contributed by atoms with Gasteiger partial charge in [-0.1, -0.05) is 25.1 Å². The Kier molecular flexibility index (Phi) is 9.50. The second-order valence-electron chi connectivity index (χ2n) is 7.71. The molecule has 1 unspecified atom stereocenters. The number of halogens is 1. The van der Waals surface area contributed by atoms with E-state index >= 15 is 0 Å². The lowest BCUT2D eigenvalue weighted by molar-refractivity contribution is -0.116. The van der Waals surface area contributed by atoms with E-state index in [2.05, 4.69) is 40.8 Å². The molecular weight excluding hydrogens is 465 g/mol. The van der Waals surface area contributed by atoms with E-state index < -0.39 is 0 Å². The summed E-state index contributed by atoms with van der Waals surface area (Å²) in [7, 11) is 0. The van der Waals surface area contributed by atoms with Crippen molar-refractivity contribution in [3.63, 3.8) is 0 Å². The van der Waals surface area contributed by atoms with Crippen molar-refractivity contribution in [3.8, 4) is 0 Å². The number of rotatable bonds is 6. The number of nitrogens with one attached hydrogen (secondary N) is 3. The van der Waals surface area contributed by atoms with Gasteiger partial charge in [0.25, 0.3) is 0 Å². The van der Waals surface area contributed by atoms with Crippen LogP contribution in [0.3, 0.4) is 0 Å². The minimum absolute atomic E-state index is 0. The number of anilines is 1. The van der Waals surface area contributed by atoms with E-state index in [0.717, 1.165) is 37.2 Å². The third kappa shape index (κ3) is 6.62. The van der Waals surface area contributed by atoms with Crippen LogP contribution in [0.1, 0.15) is 44.6 Å². The van der Waals surface area contributed by atoms with Gasteiger partial charge in [-0.15, -0.1) is 24.0 Å². The number of carbonyl (C=O) groups is 1. The molecule has 0 aliphatic carbocycles. The second kappa shape index (κ2) is 11.6. The van der Waals surface area contributed by atoms with Gasteiger partial charge < -0.3 is 20.9 Å². The van der Waals surface area contributed by atoms with Crippen LogP contribution in [0.25, 0.3) is 0 Å². The molecule has 0 saturated carbocycles. The zero-order valence-electron chi connectivity index (χ0n) is 17.0. The predicted molar refractivity (Wildman–Crippen MR) is 127 cm³/mol. The number of carbonyl (C=O) groups excluding carboxylic acids is 1. The van der Waals surface area contributed by atoms with Gasteiger partial charge in [0.2, 0.25) is 5.91 Å². The molecule has 3 rings (SSSR count). The number of piperidine rings is 1. The summed E-state index contributed by atoms with van der Waals surface area (Å²) in [4.78, 5) is 19.3. The number of hydrogen-bond donors (Lipinski definition) is 3. The number of hydrogen-bond acceptors (Lipinski definition) is 3. The van der Waals surface area contributed by atoms with Gasteiger partial charge in [0, 0.05) is 37.7 Å². The molecule has 0 radical (unpaired) electrons. The van der Waals surface area contributed by atoms with E-state index in [1.165, 1.54) is 31.5 Å². The largest absolute Gasteiger partial charge is 0.357 e. The molecule has 0 aromatic heterocycles. The van der Waals surface area contributed by atoms with Crippen molar-refractivity contribution < 1.29 is 4.79 Å². The number of aliphatic imine (C=N–C) groups is 1. The molecule has 1 saturated heterocycles. The molecule has 2 aliphatic rings. The minimum Gasteiger partial charge on any atom is -0.357 e. The molecule has 0 bridgehead atoms. The first-order valence-electron chi connectivity index (χ1n) is 10.3. The van der Waals surface area contributed by atoms with Crippen molar-refractivity contribution in [2.45, 2.75) is 39.0 Å². The Morgan fingerprint density at radius 3 is 2.75 bits per heavy atom. The number of nitrogens with zero attached hydrogens (tertiary/aromatic N) is 2. The smallest absolute Gasteiger partial charge is 0.225 e. The number of amides is 1. The van der Waals surface area contributed by atoms with E-state index in [1.54, 1.807) is 0 Å². The van der Waals surface area contributed by atoms with Crippen molar-refractivity contribution in [2.75, 3.05) is 44.6 Å². The topological polar surface area (TPSA) is 68.8 Å². The van der Waals surface area contributed by atoms with Gasteiger partial charge >= 0.3 is 0 Å². The van der Waals surface area contributed by atoms with Gasteiger partial charge in [0.05, 0.1) is 6.54 Å². The van der Waals surface area contributed by atoms with E-state index in [-0.39, 0.29) is 35.8 Å². The van der Waals surface area contributed by atoms with Crippen LogP contribution in [0.5, 0.6) is 0 Å². The van der Waals surface area contributed by atoms with Crippen LogP contribution in [-0.2, 0) is 4.79 Å². The zero-order chi connectivity index (χ0) is 19.1. The molecule has 1 atom stereocenters. The molecule has 2 aliphatic heterocycles. The van der Waals surface area contributed by atoms with Crippen LogP contribution in [0.2, 0.25) is 0 Å². The first-order chi connectivity index (χ1) is 13.2. The number of fused-ring (bicyclic) bond motifs is 1. The van der Waals surface area contributed by atoms with Crippen LogP contribution < -0.4 is 16.0 Å². The van der Waals surface area contributed by atoms with E-state index in [1.807, 2.05) is 18.2 Å². The first-order valence-corrected chi connectivity index (χ1v) is 10.3. The highest BCUT2D eigenvalue weighted by Gasteiger charge is 2.24. The quantitative estimate of drug-likeness (QED) is 0.320. The summed E-state index contributed by atoms with van der Waals surface area (Å²) in [6.07, 6.45) is 3.10. The number of para-hydroxylation sites is 1. The molecule has 0 spiro atoms. The molecule has 156 valence electrons. The number of likely N-dealkylation sites (tertiary alicyclic amines) is 1. The van der Waals surface area contributed by atoms with Crippen LogP contribution in [0.4, 0.5) is 5.69 Å². The van der Waals surface area contributed by atoms with Crippen molar-refractivity contribution in [1.82, 2.24) is 15.5 Å². The summed E-state index contributed by atoms with van der Waals surface area (Å²) < 4.78 is 0. The van der Waals surface area contributed by atoms with Crippen LogP contribution in [0.15, 0.2) is 29.3 Å². The van der Waals surface area contributed by atoms with Gasteiger partial charge in [-0.2, -0.15) is 0 Å². The van der Waals surface area contributed by atoms with Crippen molar-refractivity contribution in [3.05, 3.63) is 29.8 Å². The third-order valence-electron chi connectivity index (χ3n) is 5.52. The molecule has 7 heteroatoms. The molecule has 1 fully saturated rings. The average molecular weight is 499 g/mol. The van der Waals surface area contributed by atoms with E-state index in [4.69, 9.17) is 4.99 Å². The Hall–Kier alpha value is -1.35. The van der Waals surface area contributed by atoms with Crippen molar-refractivity contribution in [1.29, 1.82) is 0 Å². The Bertz CT molecular complexity index is 658. The monoisotopic (exact) mass is 499 g/mol. The molecule has 1 aromatic rings. The van der Waals surface area contributed by atoms with E-state index in [0.29, 0.717) is 13.0 Å².